The Hall–Kier alpha value is -1.82. The summed E-state index contributed by atoms with van der Waals surface area (Å²) < 4.78 is 13.9. The van der Waals surface area contributed by atoms with Crippen LogP contribution in [0.5, 0.6) is 0 Å². The van der Waals surface area contributed by atoms with Crippen LogP contribution in [0.2, 0.25) is 5.02 Å². The minimum Gasteiger partial charge on any atom is -0.370 e. The second-order valence-electron chi connectivity index (χ2n) is 3.64. The van der Waals surface area contributed by atoms with E-state index in [2.05, 4.69) is 4.99 Å². The molecule has 0 aliphatic carbocycles. The molecule has 0 saturated heterocycles. The molecule has 7 heteroatoms. The molecule has 2 amide bonds. The van der Waals surface area contributed by atoms with Gasteiger partial charge in [0.25, 0.3) is 0 Å². The molecule has 0 fully saturated rings. The van der Waals surface area contributed by atoms with Crippen LogP contribution < -0.4 is 16.4 Å². The van der Waals surface area contributed by atoms with E-state index in [1.54, 1.807) is 6.07 Å². The van der Waals surface area contributed by atoms with E-state index in [0.717, 1.165) is 10.5 Å². The van der Waals surface area contributed by atoms with E-state index in [0.29, 0.717) is 6.42 Å². The number of benzene rings is 1. The standard InChI is InChI=1S/C11H14ClFN4O/c1-3-6-4-7(12)9(8(13)5-6)17(2)11(18)16-10(14)15/h4-5H,3H2,1-2H3,(H4,14,15,16,18). The molecule has 5 nitrogen and oxygen atoms in total. The summed E-state index contributed by atoms with van der Waals surface area (Å²) >= 11 is 5.94. The maximum atomic E-state index is 13.9. The summed E-state index contributed by atoms with van der Waals surface area (Å²) in [6, 6.07) is 2.12. The third kappa shape index (κ3) is 3.10. The number of hydrogen-bond donors (Lipinski definition) is 2. The van der Waals surface area contributed by atoms with Crippen LogP contribution in [0.15, 0.2) is 17.1 Å². The van der Waals surface area contributed by atoms with Crippen molar-refractivity contribution in [3.63, 3.8) is 0 Å². The van der Waals surface area contributed by atoms with E-state index < -0.39 is 17.8 Å². The summed E-state index contributed by atoms with van der Waals surface area (Å²) in [6.45, 7) is 1.87. The normalized spacial score (nSPS) is 10.0. The number of guanidine groups is 1. The molecule has 0 spiro atoms. The Morgan fingerprint density at radius 2 is 2.11 bits per heavy atom. The third-order valence-corrected chi connectivity index (χ3v) is 2.62. The van der Waals surface area contributed by atoms with Crippen LogP contribution in [0.25, 0.3) is 0 Å². The Morgan fingerprint density at radius 3 is 2.56 bits per heavy atom. The van der Waals surface area contributed by atoms with Crippen LogP contribution in [-0.4, -0.2) is 19.0 Å². The molecule has 0 aliphatic rings. The van der Waals surface area contributed by atoms with Crippen LogP contribution in [0.1, 0.15) is 12.5 Å². The van der Waals surface area contributed by atoms with Gasteiger partial charge in [-0.25, -0.2) is 9.18 Å². The number of anilines is 1. The molecule has 1 rings (SSSR count). The summed E-state index contributed by atoms with van der Waals surface area (Å²) in [7, 11) is 1.34. The number of nitrogens with two attached hydrogens (primary N) is 2. The van der Waals surface area contributed by atoms with Crippen molar-refractivity contribution in [2.45, 2.75) is 13.3 Å². The Kier molecular flexibility index (Phi) is 4.49. The van der Waals surface area contributed by atoms with Gasteiger partial charge in [-0.1, -0.05) is 18.5 Å². The van der Waals surface area contributed by atoms with E-state index in [4.69, 9.17) is 23.1 Å². The van der Waals surface area contributed by atoms with Gasteiger partial charge >= 0.3 is 6.03 Å². The van der Waals surface area contributed by atoms with Crippen molar-refractivity contribution in [2.24, 2.45) is 16.5 Å². The zero-order valence-electron chi connectivity index (χ0n) is 10.1. The number of rotatable bonds is 2. The van der Waals surface area contributed by atoms with Gasteiger partial charge in [-0.15, -0.1) is 0 Å². The third-order valence-electron chi connectivity index (χ3n) is 2.33. The van der Waals surface area contributed by atoms with Crippen molar-refractivity contribution in [1.82, 2.24) is 0 Å². The van der Waals surface area contributed by atoms with Gasteiger partial charge in [0.1, 0.15) is 5.82 Å². The summed E-state index contributed by atoms with van der Waals surface area (Å²) in [5, 5.41) is 0.133. The number of aliphatic imine (C=N–C) groups is 1. The first-order valence-electron chi connectivity index (χ1n) is 5.22. The highest BCUT2D eigenvalue weighted by atomic mass is 35.5. The first kappa shape index (κ1) is 14.2. The molecule has 0 bridgehead atoms. The monoisotopic (exact) mass is 272 g/mol. The number of aryl methyl sites for hydroxylation is 1. The molecule has 0 heterocycles. The summed E-state index contributed by atoms with van der Waals surface area (Å²) in [4.78, 5) is 15.8. The minimum atomic E-state index is -0.792. The first-order valence-corrected chi connectivity index (χ1v) is 5.59. The van der Waals surface area contributed by atoms with Crippen LogP contribution in [0.3, 0.4) is 0 Å². The van der Waals surface area contributed by atoms with Crippen molar-refractivity contribution >= 4 is 29.3 Å². The molecular formula is C11H14ClFN4O. The van der Waals surface area contributed by atoms with Gasteiger partial charge in [0.05, 0.1) is 10.7 Å². The van der Waals surface area contributed by atoms with Crippen LogP contribution in [0, 0.1) is 5.82 Å². The SMILES string of the molecule is CCc1cc(F)c(N(C)C(=O)N=C(N)N)c(Cl)c1. The predicted octanol–water partition coefficient (Wildman–Crippen LogP) is 1.87. The molecule has 1 aromatic carbocycles. The van der Waals surface area contributed by atoms with Crippen LogP contribution in [0.4, 0.5) is 14.9 Å². The van der Waals surface area contributed by atoms with Crippen molar-refractivity contribution < 1.29 is 9.18 Å². The van der Waals surface area contributed by atoms with Crippen LogP contribution in [-0.2, 0) is 6.42 Å². The van der Waals surface area contributed by atoms with Crippen molar-refractivity contribution in [2.75, 3.05) is 11.9 Å². The smallest absolute Gasteiger partial charge is 0.351 e. The predicted molar refractivity (Wildman–Crippen MR) is 70.4 cm³/mol. The molecule has 1 aromatic rings. The van der Waals surface area contributed by atoms with Gasteiger partial charge in [0, 0.05) is 7.05 Å². The fourth-order valence-electron chi connectivity index (χ4n) is 1.42. The summed E-state index contributed by atoms with van der Waals surface area (Å²) in [5.41, 5.74) is 10.9. The molecule has 98 valence electrons. The number of nitrogens with zero attached hydrogens (tertiary/aromatic N) is 2. The lowest BCUT2D eigenvalue weighted by Gasteiger charge is -2.17. The largest absolute Gasteiger partial charge is 0.370 e. The number of hydrogen-bond acceptors (Lipinski definition) is 1. The Bertz CT molecular complexity index is 477. The highest BCUT2D eigenvalue weighted by Crippen LogP contribution is 2.30. The molecule has 0 aromatic heterocycles. The lowest BCUT2D eigenvalue weighted by Crippen LogP contribution is -2.30. The first-order chi connectivity index (χ1) is 8.36. The van der Waals surface area contributed by atoms with E-state index >= 15 is 0 Å². The Balaban J connectivity index is 3.18. The number of carbonyl (C=O) groups is 1. The zero-order chi connectivity index (χ0) is 13.9. The second kappa shape index (κ2) is 5.68. The van der Waals surface area contributed by atoms with E-state index in [1.807, 2.05) is 6.92 Å². The molecule has 0 saturated carbocycles. The van der Waals surface area contributed by atoms with Crippen molar-refractivity contribution in [3.8, 4) is 0 Å². The second-order valence-corrected chi connectivity index (χ2v) is 4.05. The lowest BCUT2D eigenvalue weighted by molar-refractivity contribution is 0.255. The van der Waals surface area contributed by atoms with Crippen molar-refractivity contribution in [1.29, 1.82) is 0 Å². The number of halogens is 2. The number of amides is 2. The maximum absolute atomic E-state index is 13.9. The van der Waals surface area contributed by atoms with Gasteiger partial charge in [-0.2, -0.15) is 4.99 Å². The fraction of sp³-hybridized carbons (Fsp3) is 0.273. The van der Waals surface area contributed by atoms with Gasteiger partial charge in [-0.05, 0) is 24.1 Å². The molecule has 4 N–H and O–H groups in total. The highest BCUT2D eigenvalue weighted by molar-refractivity contribution is 6.34. The Labute approximate surface area is 109 Å². The van der Waals surface area contributed by atoms with Gasteiger partial charge in [0.15, 0.2) is 5.96 Å². The average Bonchev–Trinajstić information content (AvgIpc) is 2.26. The molecule has 0 radical (unpaired) electrons. The van der Waals surface area contributed by atoms with Crippen molar-refractivity contribution in [3.05, 3.63) is 28.5 Å². The van der Waals surface area contributed by atoms with E-state index in [-0.39, 0.29) is 10.7 Å². The zero-order valence-corrected chi connectivity index (χ0v) is 10.8. The fourth-order valence-corrected chi connectivity index (χ4v) is 1.78. The Morgan fingerprint density at radius 1 is 1.50 bits per heavy atom. The van der Waals surface area contributed by atoms with E-state index in [9.17, 15) is 9.18 Å². The summed E-state index contributed by atoms with van der Waals surface area (Å²) in [5.74, 6) is -0.991. The molecule has 18 heavy (non-hydrogen) atoms. The maximum Gasteiger partial charge on any atom is 0.351 e. The van der Waals surface area contributed by atoms with Gasteiger partial charge in [-0.3, -0.25) is 4.90 Å². The number of carbonyl (C=O) groups excluding carboxylic acids is 1. The molecular weight excluding hydrogens is 259 g/mol. The minimum absolute atomic E-state index is 0.0520. The average molecular weight is 273 g/mol. The molecule has 0 unspecified atom stereocenters. The van der Waals surface area contributed by atoms with Gasteiger partial charge in [0.2, 0.25) is 0 Å². The topological polar surface area (TPSA) is 84.7 Å². The number of urea groups is 1. The van der Waals surface area contributed by atoms with Gasteiger partial charge < -0.3 is 11.5 Å². The highest BCUT2D eigenvalue weighted by Gasteiger charge is 2.18. The van der Waals surface area contributed by atoms with Crippen LogP contribution >= 0.6 is 11.6 Å². The quantitative estimate of drug-likeness (QED) is 0.637. The van der Waals surface area contributed by atoms with E-state index in [1.165, 1.54) is 13.1 Å². The lowest BCUT2D eigenvalue weighted by atomic mass is 10.1. The molecule has 0 aliphatic heterocycles. The molecule has 0 atom stereocenters. The summed E-state index contributed by atoms with van der Waals surface area (Å²) in [6.07, 6.45) is 0.641.